The van der Waals surface area contributed by atoms with E-state index in [0.717, 1.165) is 24.0 Å². The molecule has 0 amide bonds. The van der Waals surface area contributed by atoms with Crippen LogP contribution in [0.1, 0.15) is 43.5 Å². The van der Waals surface area contributed by atoms with Crippen LogP contribution in [0.25, 0.3) is 6.08 Å². The minimum absolute atomic E-state index is 0.176. The number of methoxy groups -OCH3 is 1. The van der Waals surface area contributed by atoms with Crippen molar-refractivity contribution in [3.05, 3.63) is 113 Å². The Labute approximate surface area is 310 Å². The van der Waals surface area contributed by atoms with E-state index in [1.54, 1.807) is 37.7 Å². The molecule has 0 bridgehead atoms. The first-order chi connectivity index (χ1) is 22.1. The molecule has 0 saturated carbocycles. The largest absolute Gasteiger partial charge is 0.493 e. The van der Waals surface area contributed by atoms with Crippen molar-refractivity contribution in [2.24, 2.45) is 4.99 Å². The van der Waals surface area contributed by atoms with Gasteiger partial charge in [-0.05, 0) is 113 Å². The van der Waals surface area contributed by atoms with Crippen LogP contribution in [-0.4, -0.2) is 30.9 Å². The zero-order chi connectivity index (χ0) is 33.1. The highest BCUT2D eigenvalue weighted by Gasteiger charge is 2.35. The number of esters is 1. The quantitative estimate of drug-likeness (QED) is 0.122. The molecule has 13 heteroatoms. The highest BCUT2D eigenvalue weighted by molar-refractivity contribution is 14.1. The molecule has 0 unspecified atom stereocenters. The molecule has 2 heterocycles. The number of carbonyl (C=O) groups is 1. The third-order valence-corrected chi connectivity index (χ3v) is 10.7. The molecule has 0 spiro atoms. The van der Waals surface area contributed by atoms with Crippen LogP contribution in [0.15, 0.2) is 74.1 Å². The normalized spacial score (nSPS) is 14.5. The SMILES string of the molecule is CCOC(=O)C1=C(C)N=c2s/c(=C/c3cc(I)c(OCc4ccccc4Cl)c(I)c3)c(=O)n2[C@@H]1c1cc(OC)c(OCC)cc1Br. The molecule has 1 atom stereocenters. The molecule has 0 saturated heterocycles. The molecule has 3 aromatic carbocycles. The molecule has 0 radical (unpaired) electrons. The summed E-state index contributed by atoms with van der Waals surface area (Å²) in [6, 6.07) is 14.2. The molecule has 1 aliphatic rings. The van der Waals surface area contributed by atoms with Crippen molar-refractivity contribution in [1.29, 1.82) is 0 Å². The number of allylic oxidation sites excluding steroid dienone is 1. The molecular formula is C33H28BrClI2N2O6S. The maximum Gasteiger partial charge on any atom is 0.338 e. The van der Waals surface area contributed by atoms with Crippen molar-refractivity contribution < 1.29 is 23.7 Å². The molecule has 1 aromatic heterocycles. The second kappa shape index (κ2) is 15.2. The van der Waals surface area contributed by atoms with Crippen LogP contribution in [0.2, 0.25) is 5.02 Å². The van der Waals surface area contributed by atoms with Gasteiger partial charge in [0.2, 0.25) is 0 Å². The van der Waals surface area contributed by atoms with Gasteiger partial charge in [-0.25, -0.2) is 9.79 Å². The van der Waals surface area contributed by atoms with Crippen molar-refractivity contribution >= 4 is 96.1 Å². The molecule has 0 N–H and O–H groups in total. The first kappa shape index (κ1) is 34.9. The predicted octanol–water partition coefficient (Wildman–Crippen LogP) is 7.41. The Morgan fingerprint density at radius 2 is 1.80 bits per heavy atom. The third-order valence-electron chi connectivity index (χ3n) is 7.04. The van der Waals surface area contributed by atoms with Crippen LogP contribution in [0.4, 0.5) is 0 Å². The van der Waals surface area contributed by atoms with Crippen LogP contribution in [0, 0.1) is 7.14 Å². The number of fused-ring (bicyclic) bond motifs is 1. The van der Waals surface area contributed by atoms with E-state index in [0.29, 0.717) is 54.8 Å². The third kappa shape index (κ3) is 7.20. The highest BCUT2D eigenvalue weighted by Crippen LogP contribution is 2.41. The number of halogens is 4. The summed E-state index contributed by atoms with van der Waals surface area (Å²) in [4.78, 5) is 32.7. The molecule has 0 aliphatic carbocycles. The number of nitrogens with zero attached hydrogens (tertiary/aromatic N) is 2. The van der Waals surface area contributed by atoms with Crippen molar-refractivity contribution in [1.82, 2.24) is 4.57 Å². The van der Waals surface area contributed by atoms with Crippen LogP contribution >= 0.6 is 84.0 Å². The van der Waals surface area contributed by atoms with Gasteiger partial charge < -0.3 is 18.9 Å². The van der Waals surface area contributed by atoms with Gasteiger partial charge in [-0.2, -0.15) is 0 Å². The zero-order valence-electron chi connectivity index (χ0n) is 25.2. The molecule has 1 aliphatic heterocycles. The lowest BCUT2D eigenvalue weighted by molar-refractivity contribution is -0.139. The number of aromatic nitrogens is 1. The Kier molecular flexibility index (Phi) is 11.6. The van der Waals surface area contributed by atoms with Crippen molar-refractivity contribution in [2.45, 2.75) is 33.4 Å². The number of ether oxygens (including phenoxy) is 4. The van der Waals surface area contributed by atoms with E-state index in [4.69, 9.17) is 35.5 Å². The number of carbonyl (C=O) groups excluding carboxylic acids is 1. The monoisotopic (exact) mass is 948 g/mol. The summed E-state index contributed by atoms with van der Waals surface area (Å²) in [5.41, 5.74) is 2.81. The molecule has 5 rings (SSSR count). The van der Waals surface area contributed by atoms with E-state index >= 15 is 0 Å². The summed E-state index contributed by atoms with van der Waals surface area (Å²) < 4.78 is 27.4. The Morgan fingerprint density at radius 1 is 1.09 bits per heavy atom. The van der Waals surface area contributed by atoms with E-state index < -0.39 is 12.0 Å². The maximum atomic E-state index is 14.2. The number of rotatable bonds is 10. The summed E-state index contributed by atoms with van der Waals surface area (Å²) in [5.74, 6) is 1.21. The molecule has 240 valence electrons. The Morgan fingerprint density at radius 3 is 2.46 bits per heavy atom. The molecular weight excluding hydrogens is 922 g/mol. The van der Waals surface area contributed by atoms with Crippen molar-refractivity contribution in [3.8, 4) is 17.2 Å². The molecule has 46 heavy (non-hydrogen) atoms. The zero-order valence-corrected chi connectivity index (χ0v) is 32.6. The maximum absolute atomic E-state index is 14.2. The van der Waals surface area contributed by atoms with E-state index in [1.165, 1.54) is 11.3 Å². The Bertz CT molecular complexity index is 2020. The van der Waals surface area contributed by atoms with E-state index in [2.05, 4.69) is 61.1 Å². The fraction of sp³-hybridized carbons (Fsp3) is 0.242. The smallest absolute Gasteiger partial charge is 0.338 e. The number of hydrogen-bond donors (Lipinski definition) is 0. The highest BCUT2D eigenvalue weighted by atomic mass is 127. The van der Waals surface area contributed by atoms with Gasteiger partial charge in [0.05, 0.1) is 49.3 Å². The number of hydrogen-bond acceptors (Lipinski definition) is 8. The topological polar surface area (TPSA) is 88.4 Å². The Hall–Kier alpha value is -2.40. The molecule has 8 nitrogen and oxygen atoms in total. The second-order valence-corrected chi connectivity index (χ2v) is 14.5. The second-order valence-electron chi connectivity index (χ2n) is 9.95. The van der Waals surface area contributed by atoms with Gasteiger partial charge in [-0.3, -0.25) is 9.36 Å². The minimum Gasteiger partial charge on any atom is -0.493 e. The summed E-state index contributed by atoms with van der Waals surface area (Å²) in [6.07, 6.45) is 1.83. The summed E-state index contributed by atoms with van der Waals surface area (Å²) in [6.45, 7) is 6.32. The van der Waals surface area contributed by atoms with Crippen molar-refractivity contribution in [2.75, 3.05) is 20.3 Å². The average Bonchev–Trinajstić information content (AvgIpc) is 3.31. The van der Waals surface area contributed by atoms with Gasteiger partial charge in [0.25, 0.3) is 5.56 Å². The van der Waals surface area contributed by atoms with Crippen molar-refractivity contribution in [3.63, 3.8) is 0 Å². The average molecular weight is 950 g/mol. The standard InChI is InChI=1S/C33H28BrClI2N2O6S/c1-5-43-26-15-21(34)20(14-25(26)42-4)29-28(32(41)44-6-2)17(3)38-33-39(29)31(40)27(46-33)13-18-11-23(36)30(24(37)12-18)45-16-19-9-7-8-10-22(19)35/h7-15,29H,5-6,16H2,1-4H3/b27-13+/t29-/m1/s1. The number of benzene rings is 3. The summed E-state index contributed by atoms with van der Waals surface area (Å²) in [5, 5.41) is 0.648. The summed E-state index contributed by atoms with van der Waals surface area (Å²) in [7, 11) is 1.55. The lowest BCUT2D eigenvalue weighted by Gasteiger charge is -2.26. The van der Waals surface area contributed by atoms with E-state index in [-0.39, 0.29) is 17.7 Å². The van der Waals surface area contributed by atoms with E-state index in [9.17, 15) is 9.59 Å². The van der Waals surface area contributed by atoms with Gasteiger partial charge in [-0.1, -0.05) is 57.1 Å². The summed E-state index contributed by atoms with van der Waals surface area (Å²) >= 11 is 15.7. The van der Waals surface area contributed by atoms with E-state index in [1.807, 2.05) is 49.4 Å². The van der Waals surface area contributed by atoms with Gasteiger partial charge in [0.1, 0.15) is 12.4 Å². The fourth-order valence-corrected chi connectivity index (χ4v) is 8.90. The number of thiazole rings is 1. The fourth-order valence-electron chi connectivity index (χ4n) is 4.99. The first-order valence-electron chi connectivity index (χ1n) is 14.1. The lowest BCUT2D eigenvalue weighted by Crippen LogP contribution is -2.40. The predicted molar refractivity (Wildman–Crippen MR) is 200 cm³/mol. The van der Waals surface area contributed by atoms with Crippen LogP contribution < -0.4 is 29.1 Å². The van der Waals surface area contributed by atoms with Gasteiger partial charge in [0, 0.05) is 15.1 Å². The molecule has 0 fully saturated rings. The Balaban J connectivity index is 1.61. The lowest BCUT2D eigenvalue weighted by atomic mass is 9.95. The molecule has 4 aromatic rings. The minimum atomic E-state index is -0.822. The van der Waals surface area contributed by atoms with Gasteiger partial charge in [0.15, 0.2) is 16.3 Å². The first-order valence-corrected chi connectivity index (χ1v) is 18.3. The van der Waals surface area contributed by atoms with Crippen LogP contribution in [0.5, 0.6) is 17.2 Å². The van der Waals surface area contributed by atoms with Crippen LogP contribution in [-0.2, 0) is 16.1 Å². The van der Waals surface area contributed by atoms with Crippen LogP contribution in [0.3, 0.4) is 0 Å². The van der Waals surface area contributed by atoms with Gasteiger partial charge >= 0.3 is 5.97 Å². The van der Waals surface area contributed by atoms with Gasteiger partial charge in [-0.15, -0.1) is 0 Å².